The molecule has 0 aromatic carbocycles. The highest BCUT2D eigenvalue weighted by molar-refractivity contribution is 6.48. The maximum absolute atomic E-state index is 9.79. The smallest absolute Gasteiger partial charge is 0.205 e. The maximum Gasteiger partial charge on any atom is 0.205 e. The topological polar surface area (TPSA) is 29.5 Å². The van der Waals surface area contributed by atoms with Crippen molar-refractivity contribution < 1.29 is 9.53 Å². The van der Waals surface area contributed by atoms with Crippen LogP contribution < -0.4 is 0 Å². The molecule has 3 heteroatoms. The minimum atomic E-state index is -0.711. The second kappa shape index (κ2) is 5.19. The van der Waals surface area contributed by atoms with Crippen LogP contribution in [0.15, 0.2) is 0 Å². The van der Waals surface area contributed by atoms with Crippen LogP contribution in [0.2, 0.25) is 13.1 Å². The Morgan fingerprint density at radius 1 is 1.25 bits per heavy atom. The Hall–Kier alpha value is 0.137. The molecular formula is C13H27O2Si. The molecule has 0 aromatic heterocycles. The number of aliphatic hydroxyl groups is 1. The molecule has 1 N–H and O–H groups in total. The first kappa shape index (κ1) is 14.2. The van der Waals surface area contributed by atoms with Gasteiger partial charge in [-0.15, -0.1) is 0 Å². The predicted molar refractivity (Wildman–Crippen MR) is 69.8 cm³/mol. The molecule has 16 heavy (non-hydrogen) atoms. The molecule has 1 aliphatic carbocycles. The average molecular weight is 243 g/mol. The highest BCUT2D eigenvalue weighted by Gasteiger charge is 2.47. The van der Waals surface area contributed by atoms with Crippen LogP contribution in [0.1, 0.15) is 46.5 Å². The second-order valence-electron chi connectivity index (χ2n) is 6.50. The van der Waals surface area contributed by atoms with E-state index in [0.717, 1.165) is 12.8 Å². The summed E-state index contributed by atoms with van der Waals surface area (Å²) in [5.41, 5.74) is 0.148. The van der Waals surface area contributed by atoms with Crippen molar-refractivity contribution in [2.75, 3.05) is 6.61 Å². The van der Waals surface area contributed by atoms with E-state index in [-0.39, 0.29) is 23.5 Å². The summed E-state index contributed by atoms with van der Waals surface area (Å²) >= 11 is 0. The molecule has 1 rings (SSSR count). The molecule has 2 nitrogen and oxygen atoms in total. The molecule has 0 bridgehead atoms. The van der Waals surface area contributed by atoms with Gasteiger partial charge in [0.25, 0.3) is 0 Å². The van der Waals surface area contributed by atoms with Crippen molar-refractivity contribution in [3.05, 3.63) is 0 Å². The van der Waals surface area contributed by atoms with Crippen LogP contribution in [-0.4, -0.2) is 26.9 Å². The lowest BCUT2D eigenvalue weighted by molar-refractivity contribution is -0.0584. The van der Waals surface area contributed by atoms with Crippen LogP contribution in [0.3, 0.4) is 0 Å². The molecule has 0 spiro atoms. The fourth-order valence-corrected chi connectivity index (χ4v) is 4.11. The monoisotopic (exact) mass is 243 g/mol. The summed E-state index contributed by atoms with van der Waals surface area (Å²) in [6.45, 7) is 11.4. The van der Waals surface area contributed by atoms with E-state index in [1.807, 2.05) is 0 Å². The van der Waals surface area contributed by atoms with Gasteiger partial charge in [0.05, 0.1) is 12.7 Å². The minimum Gasteiger partial charge on any atom is -0.413 e. The van der Waals surface area contributed by atoms with E-state index in [0.29, 0.717) is 0 Å². The maximum atomic E-state index is 9.79. The summed E-state index contributed by atoms with van der Waals surface area (Å²) in [7, 11) is -0.711. The van der Waals surface area contributed by atoms with Crippen molar-refractivity contribution in [1.82, 2.24) is 0 Å². The Labute approximate surface area is 102 Å². The number of hydrogen-bond donors (Lipinski definition) is 1. The van der Waals surface area contributed by atoms with Crippen molar-refractivity contribution in [1.29, 1.82) is 0 Å². The first-order valence-corrected chi connectivity index (χ1v) is 8.80. The Kier molecular flexibility index (Phi) is 4.61. The molecular weight excluding hydrogens is 216 g/mol. The van der Waals surface area contributed by atoms with E-state index in [2.05, 4.69) is 33.9 Å². The fourth-order valence-electron chi connectivity index (χ4n) is 3.04. The largest absolute Gasteiger partial charge is 0.413 e. The van der Waals surface area contributed by atoms with E-state index >= 15 is 0 Å². The van der Waals surface area contributed by atoms with Gasteiger partial charge in [0.2, 0.25) is 9.04 Å². The lowest BCUT2D eigenvalue weighted by atomic mass is 9.70. The normalized spacial score (nSPS) is 22.7. The highest BCUT2D eigenvalue weighted by atomic mass is 28.3. The molecule has 0 amide bonds. The van der Waals surface area contributed by atoms with Gasteiger partial charge in [-0.2, -0.15) is 0 Å². The zero-order valence-corrected chi connectivity index (χ0v) is 12.5. The van der Waals surface area contributed by atoms with Crippen LogP contribution in [0.5, 0.6) is 0 Å². The van der Waals surface area contributed by atoms with Crippen molar-refractivity contribution in [2.45, 2.75) is 65.7 Å². The van der Waals surface area contributed by atoms with Crippen LogP contribution in [0.25, 0.3) is 0 Å². The first-order valence-electron chi connectivity index (χ1n) is 6.39. The molecule has 0 heterocycles. The molecule has 1 radical (unpaired) electrons. The Bertz CT molecular complexity index is 214. The van der Waals surface area contributed by atoms with Gasteiger partial charge in [-0.25, -0.2) is 0 Å². The van der Waals surface area contributed by atoms with E-state index in [9.17, 15) is 5.11 Å². The standard InChI is InChI=1S/C13H27O2Si/c1-12(2,3)11(15-16(4)5)13(10-14)8-6-7-9-13/h11,14H,6-10H2,1-5H3. The highest BCUT2D eigenvalue weighted by Crippen LogP contribution is 2.47. The van der Waals surface area contributed by atoms with E-state index in [1.165, 1.54) is 12.8 Å². The lowest BCUT2D eigenvalue weighted by Crippen LogP contribution is -2.48. The summed E-state index contributed by atoms with van der Waals surface area (Å²) in [4.78, 5) is 0. The number of aliphatic hydroxyl groups excluding tert-OH is 1. The Morgan fingerprint density at radius 2 is 1.75 bits per heavy atom. The summed E-state index contributed by atoms with van der Waals surface area (Å²) in [6.07, 6.45) is 4.94. The van der Waals surface area contributed by atoms with E-state index < -0.39 is 9.04 Å². The van der Waals surface area contributed by atoms with Gasteiger partial charge in [0.1, 0.15) is 0 Å². The molecule has 0 saturated heterocycles. The van der Waals surface area contributed by atoms with E-state index in [1.54, 1.807) is 0 Å². The van der Waals surface area contributed by atoms with Crippen LogP contribution in [0.4, 0.5) is 0 Å². The number of rotatable bonds is 4. The SMILES string of the molecule is C[Si](C)OC(C(C)(C)C)C1(CO)CCCC1. The molecule has 1 atom stereocenters. The Morgan fingerprint density at radius 3 is 2.06 bits per heavy atom. The van der Waals surface area contributed by atoms with Crippen molar-refractivity contribution in [3.63, 3.8) is 0 Å². The predicted octanol–water partition coefficient (Wildman–Crippen LogP) is 3.22. The molecule has 1 fully saturated rings. The molecule has 1 unspecified atom stereocenters. The third-order valence-electron chi connectivity index (χ3n) is 3.61. The van der Waals surface area contributed by atoms with Gasteiger partial charge >= 0.3 is 0 Å². The van der Waals surface area contributed by atoms with Crippen LogP contribution in [-0.2, 0) is 4.43 Å². The van der Waals surface area contributed by atoms with Crippen molar-refractivity contribution >= 4 is 9.04 Å². The molecule has 0 aliphatic heterocycles. The van der Waals surface area contributed by atoms with Gasteiger partial charge in [0.15, 0.2) is 0 Å². The van der Waals surface area contributed by atoms with Gasteiger partial charge in [-0.1, -0.05) is 33.6 Å². The zero-order chi connectivity index (χ0) is 12.4. The molecule has 95 valence electrons. The minimum absolute atomic E-state index is 0.0280. The van der Waals surface area contributed by atoms with Gasteiger partial charge < -0.3 is 9.53 Å². The summed E-state index contributed by atoms with van der Waals surface area (Å²) in [6, 6.07) is 0. The van der Waals surface area contributed by atoms with Crippen LogP contribution >= 0.6 is 0 Å². The zero-order valence-electron chi connectivity index (χ0n) is 11.5. The Balaban J connectivity index is 2.89. The molecule has 0 aromatic rings. The fraction of sp³-hybridized carbons (Fsp3) is 1.00. The van der Waals surface area contributed by atoms with Gasteiger partial charge in [0, 0.05) is 5.41 Å². The van der Waals surface area contributed by atoms with Gasteiger partial charge in [-0.3, -0.25) is 0 Å². The van der Waals surface area contributed by atoms with Crippen LogP contribution in [0, 0.1) is 10.8 Å². The lowest BCUT2D eigenvalue weighted by Gasteiger charge is -2.44. The number of hydrogen-bond acceptors (Lipinski definition) is 2. The summed E-state index contributed by atoms with van der Waals surface area (Å²) in [5, 5.41) is 9.79. The van der Waals surface area contributed by atoms with Crippen molar-refractivity contribution in [3.8, 4) is 0 Å². The average Bonchev–Trinajstić information content (AvgIpc) is 2.61. The quantitative estimate of drug-likeness (QED) is 0.768. The molecule has 1 saturated carbocycles. The molecule has 1 aliphatic rings. The second-order valence-corrected chi connectivity index (χ2v) is 8.55. The summed E-state index contributed by atoms with van der Waals surface area (Å²) < 4.78 is 6.23. The van der Waals surface area contributed by atoms with Gasteiger partial charge in [-0.05, 0) is 31.4 Å². The first-order chi connectivity index (χ1) is 7.32. The summed E-state index contributed by atoms with van der Waals surface area (Å²) in [5.74, 6) is 0. The van der Waals surface area contributed by atoms with Crippen molar-refractivity contribution in [2.24, 2.45) is 10.8 Å². The third kappa shape index (κ3) is 3.08. The third-order valence-corrected chi connectivity index (χ3v) is 4.32. The van der Waals surface area contributed by atoms with E-state index in [4.69, 9.17) is 4.43 Å².